The molecule has 0 spiro atoms. The van der Waals surface area contributed by atoms with Crippen molar-refractivity contribution < 1.29 is 50.4 Å². The Labute approximate surface area is 89.6 Å². The molecule has 0 heterocycles. The van der Waals surface area contributed by atoms with Crippen molar-refractivity contribution in [2.24, 2.45) is 0 Å². The minimum Gasteiger partial charge on any atom is 2.00 e. The van der Waals surface area contributed by atoms with Gasteiger partial charge in [0, 0.05) is 0 Å². The molecule has 0 nitrogen and oxygen atoms in total. The standard InChI is InChI=1S/2F6P.Mg/c2*1-7(2,3,4,5)6;/q2*-1;+2. The Morgan fingerprint density at radius 2 is 0.333 bits per heavy atom. The van der Waals surface area contributed by atoms with E-state index in [4.69, 9.17) is 0 Å². The normalized spacial score (nSPS) is 21.6. The fraction of sp³-hybridized carbons (Fsp3) is 0. The van der Waals surface area contributed by atoms with E-state index in [0.29, 0.717) is 0 Å². The summed E-state index contributed by atoms with van der Waals surface area (Å²) in [6, 6.07) is 0. The summed E-state index contributed by atoms with van der Waals surface area (Å²) in [5.74, 6) is 0. The van der Waals surface area contributed by atoms with Crippen LogP contribution in [0.2, 0.25) is 0 Å². The first-order valence-corrected chi connectivity index (χ1v) is 6.09. The van der Waals surface area contributed by atoms with Gasteiger partial charge in [-0.05, 0) is 0 Å². The maximum Gasteiger partial charge on any atom is 2.00 e. The third-order valence-corrected chi connectivity index (χ3v) is 0. The fourth-order valence-electron chi connectivity index (χ4n) is 0. The van der Waals surface area contributed by atoms with Gasteiger partial charge < -0.3 is 0 Å². The Balaban J connectivity index is -0.000000180. The summed E-state index contributed by atoms with van der Waals surface area (Å²) in [6.45, 7) is 0. The predicted octanol–water partition coefficient (Wildman–Crippen LogP) is 6.38. The molecule has 96 valence electrons. The molecule has 0 saturated carbocycles. The van der Waals surface area contributed by atoms with Crippen LogP contribution in [0.1, 0.15) is 0 Å². The Morgan fingerprint density at radius 1 is 0.333 bits per heavy atom. The molecule has 15 heavy (non-hydrogen) atoms. The molecule has 0 aromatic carbocycles. The van der Waals surface area contributed by atoms with Crippen LogP contribution < -0.4 is 0 Å². The van der Waals surface area contributed by atoms with Crippen molar-refractivity contribution in [3.05, 3.63) is 0 Å². The van der Waals surface area contributed by atoms with Crippen molar-refractivity contribution in [1.29, 1.82) is 0 Å². The van der Waals surface area contributed by atoms with Crippen LogP contribution in [-0.2, 0) is 0 Å². The minimum absolute atomic E-state index is 0. The summed E-state index contributed by atoms with van der Waals surface area (Å²) >= 11 is 0. The zero-order valence-corrected chi connectivity index (χ0v) is 9.34. The largest absolute Gasteiger partial charge is 2.00 e. The van der Waals surface area contributed by atoms with E-state index in [1.165, 1.54) is 0 Å². The van der Waals surface area contributed by atoms with Crippen LogP contribution in [0.25, 0.3) is 0 Å². The van der Waals surface area contributed by atoms with Gasteiger partial charge >= 0.3 is 89.0 Å². The summed E-state index contributed by atoms with van der Waals surface area (Å²) in [4.78, 5) is 0. The minimum atomic E-state index is -10.7. The number of halogens is 12. The van der Waals surface area contributed by atoms with E-state index in [1.807, 2.05) is 0 Å². The molecule has 0 rings (SSSR count). The second-order valence-electron chi connectivity index (χ2n) is 1.92. The molecule has 0 aliphatic heterocycles. The van der Waals surface area contributed by atoms with E-state index in [0.717, 1.165) is 0 Å². The Bertz CT molecular complexity index is 161. The van der Waals surface area contributed by atoms with E-state index < -0.39 is 15.6 Å². The van der Waals surface area contributed by atoms with Crippen molar-refractivity contribution in [1.82, 2.24) is 0 Å². The van der Waals surface area contributed by atoms with Crippen LogP contribution in [0.4, 0.5) is 50.4 Å². The number of rotatable bonds is 0. The van der Waals surface area contributed by atoms with Crippen LogP contribution in [0.15, 0.2) is 0 Å². The van der Waals surface area contributed by atoms with E-state index in [2.05, 4.69) is 0 Å². The smallest absolute Gasteiger partial charge is 2.00 e. The summed E-state index contributed by atoms with van der Waals surface area (Å²) in [6.07, 6.45) is 0. The summed E-state index contributed by atoms with van der Waals surface area (Å²) in [7, 11) is -21.3. The first kappa shape index (κ1) is 21.1. The molecule has 0 radical (unpaired) electrons. The molecule has 0 unspecified atom stereocenters. The summed E-state index contributed by atoms with van der Waals surface area (Å²) < 4.78 is 118. The average Bonchev–Trinajstić information content (AvgIpc) is 0.938. The topological polar surface area (TPSA) is 0 Å². The maximum absolute atomic E-state index is 10.7. The van der Waals surface area contributed by atoms with Gasteiger partial charge in [-0.25, -0.2) is 0 Å². The zero-order chi connectivity index (χ0) is 12.8. The third-order valence-electron chi connectivity index (χ3n) is 0. The summed E-state index contributed by atoms with van der Waals surface area (Å²) in [5.41, 5.74) is 0. The molecule has 0 fully saturated rings. The Hall–Kier alpha value is 0.786. The second-order valence-corrected chi connectivity index (χ2v) is 5.75. The number of hydrogen-bond donors (Lipinski definition) is 0. The molecule has 0 amide bonds. The van der Waals surface area contributed by atoms with Gasteiger partial charge in [-0.3, -0.25) is 0 Å². The van der Waals surface area contributed by atoms with Gasteiger partial charge in [0.15, 0.2) is 0 Å². The first-order chi connectivity index (χ1) is 4.90. The Morgan fingerprint density at radius 3 is 0.333 bits per heavy atom. The molecule has 0 saturated heterocycles. The molecule has 0 aliphatic rings. The van der Waals surface area contributed by atoms with Crippen LogP contribution in [-0.4, -0.2) is 23.1 Å². The molecular weight excluding hydrogens is 314 g/mol. The second kappa shape index (κ2) is 2.97. The SMILES string of the molecule is F[P-](F)(F)(F)(F)F.F[P-](F)(F)(F)(F)F.[Mg+2]. The summed E-state index contributed by atoms with van der Waals surface area (Å²) in [5, 5.41) is 0. The van der Waals surface area contributed by atoms with E-state index in [-0.39, 0.29) is 23.1 Å². The van der Waals surface area contributed by atoms with E-state index in [9.17, 15) is 50.4 Å². The van der Waals surface area contributed by atoms with Gasteiger partial charge in [-0.1, -0.05) is 0 Å². The van der Waals surface area contributed by atoms with Crippen LogP contribution in [0, 0.1) is 0 Å². The molecule has 15 heteroatoms. The molecule has 0 aromatic heterocycles. The molecule has 0 atom stereocenters. The van der Waals surface area contributed by atoms with Crippen molar-refractivity contribution in [3.63, 3.8) is 0 Å². The quantitative estimate of drug-likeness (QED) is 0.276. The van der Waals surface area contributed by atoms with Crippen LogP contribution >= 0.6 is 15.6 Å². The third kappa shape index (κ3) is 3910. The molecule has 0 aromatic rings. The van der Waals surface area contributed by atoms with Gasteiger partial charge in [-0.15, -0.1) is 0 Å². The average molecular weight is 314 g/mol. The van der Waals surface area contributed by atoms with Crippen molar-refractivity contribution in [3.8, 4) is 0 Å². The zero-order valence-electron chi connectivity index (χ0n) is 6.14. The predicted molar refractivity (Wildman–Crippen MR) is 32.9 cm³/mol. The van der Waals surface area contributed by atoms with E-state index >= 15 is 0 Å². The van der Waals surface area contributed by atoms with Crippen molar-refractivity contribution in [2.75, 3.05) is 0 Å². The fourth-order valence-corrected chi connectivity index (χ4v) is 0. The maximum atomic E-state index is 9.87. The Kier molecular flexibility index (Phi) is 4.17. The number of hydrogen-bond acceptors (Lipinski definition) is 0. The first-order valence-electron chi connectivity index (χ1n) is 2.03. The monoisotopic (exact) mass is 314 g/mol. The van der Waals surface area contributed by atoms with Crippen LogP contribution in [0.5, 0.6) is 0 Å². The van der Waals surface area contributed by atoms with Crippen molar-refractivity contribution >= 4 is 38.7 Å². The van der Waals surface area contributed by atoms with Gasteiger partial charge in [0.05, 0.1) is 0 Å². The van der Waals surface area contributed by atoms with Gasteiger partial charge in [0.2, 0.25) is 0 Å². The van der Waals surface area contributed by atoms with Crippen molar-refractivity contribution in [2.45, 2.75) is 0 Å². The van der Waals surface area contributed by atoms with Crippen LogP contribution in [0.3, 0.4) is 0 Å². The van der Waals surface area contributed by atoms with Gasteiger partial charge in [0.1, 0.15) is 0 Å². The van der Waals surface area contributed by atoms with E-state index in [1.54, 1.807) is 0 Å². The van der Waals surface area contributed by atoms with Gasteiger partial charge in [0.25, 0.3) is 0 Å². The molecule has 0 N–H and O–H groups in total. The molecular formula is F12MgP2. The van der Waals surface area contributed by atoms with Gasteiger partial charge in [-0.2, -0.15) is 0 Å². The molecule has 0 bridgehead atoms. The molecule has 0 aliphatic carbocycles.